The van der Waals surface area contributed by atoms with E-state index in [1.165, 1.54) is 32.1 Å². The molecule has 0 aromatic rings. The average Bonchev–Trinajstić information content (AvgIpc) is 2.10. The van der Waals surface area contributed by atoms with Crippen LogP contribution in [-0.4, -0.2) is 19.6 Å². The predicted molar refractivity (Wildman–Crippen MR) is 61.0 cm³/mol. The molecule has 0 amide bonds. The van der Waals surface area contributed by atoms with Crippen LogP contribution in [-0.2, 0) is 0 Å². The fourth-order valence-corrected chi connectivity index (χ4v) is 1.02. The number of hydrogen-bond acceptors (Lipinski definition) is 1. The second kappa shape index (κ2) is 11.3. The highest BCUT2D eigenvalue weighted by atomic mass is 15.1. The normalized spacial score (nSPS) is 10.8. The standard InChI is InChI=1S/C9H21N3.CH4/c1-3-4-5-6-7-8-12-9(10)11-2;/h3-8H2,1-2H3,(H3,10,11,12);1H4. The second-order valence-electron chi connectivity index (χ2n) is 2.95. The van der Waals surface area contributed by atoms with E-state index in [0.29, 0.717) is 5.96 Å². The zero-order chi connectivity index (χ0) is 9.23. The summed E-state index contributed by atoms with van der Waals surface area (Å²) in [6, 6.07) is 0. The Kier molecular flexibility index (Phi) is 12.8. The van der Waals surface area contributed by atoms with E-state index in [9.17, 15) is 0 Å². The molecule has 80 valence electrons. The first-order valence-electron chi connectivity index (χ1n) is 4.77. The molecule has 3 N–H and O–H groups in total. The topological polar surface area (TPSA) is 50.4 Å². The minimum atomic E-state index is 0. The van der Waals surface area contributed by atoms with Gasteiger partial charge in [0, 0.05) is 13.6 Å². The van der Waals surface area contributed by atoms with Gasteiger partial charge in [0.2, 0.25) is 0 Å². The molecule has 0 fully saturated rings. The summed E-state index contributed by atoms with van der Waals surface area (Å²) in [5.74, 6) is 0.547. The van der Waals surface area contributed by atoms with Gasteiger partial charge in [0.15, 0.2) is 5.96 Å². The van der Waals surface area contributed by atoms with Crippen LogP contribution in [0.3, 0.4) is 0 Å². The molecule has 0 radical (unpaired) electrons. The molecule has 3 nitrogen and oxygen atoms in total. The zero-order valence-corrected chi connectivity index (χ0v) is 8.27. The molecule has 0 spiro atoms. The Balaban J connectivity index is 0. The molecule has 0 atom stereocenters. The molecule has 13 heavy (non-hydrogen) atoms. The lowest BCUT2D eigenvalue weighted by Crippen LogP contribution is -2.31. The number of aliphatic imine (C=N–C) groups is 1. The number of nitrogens with one attached hydrogen (secondary N) is 1. The lowest BCUT2D eigenvalue weighted by atomic mass is 10.1. The molecule has 0 saturated carbocycles. The Morgan fingerprint density at radius 2 is 1.85 bits per heavy atom. The molecule has 3 heteroatoms. The summed E-state index contributed by atoms with van der Waals surface area (Å²) < 4.78 is 0. The third kappa shape index (κ3) is 11.3. The number of nitrogens with zero attached hydrogens (tertiary/aromatic N) is 1. The van der Waals surface area contributed by atoms with Crippen LogP contribution in [0.15, 0.2) is 4.99 Å². The van der Waals surface area contributed by atoms with Crippen molar-refractivity contribution in [2.24, 2.45) is 10.7 Å². The van der Waals surface area contributed by atoms with E-state index in [2.05, 4.69) is 17.2 Å². The van der Waals surface area contributed by atoms with Crippen LogP contribution in [0.2, 0.25) is 0 Å². The van der Waals surface area contributed by atoms with Crippen molar-refractivity contribution in [2.45, 2.75) is 46.5 Å². The largest absolute Gasteiger partial charge is 0.370 e. The second-order valence-corrected chi connectivity index (χ2v) is 2.95. The summed E-state index contributed by atoms with van der Waals surface area (Å²) >= 11 is 0. The summed E-state index contributed by atoms with van der Waals surface area (Å²) in [7, 11) is 1.69. The molecular formula is C10H25N3. The quantitative estimate of drug-likeness (QED) is 0.380. The number of nitrogens with two attached hydrogens (primary N) is 1. The number of unbranched alkanes of at least 4 members (excludes halogenated alkanes) is 4. The van der Waals surface area contributed by atoms with E-state index in [4.69, 9.17) is 5.73 Å². The summed E-state index contributed by atoms with van der Waals surface area (Å²) in [6.07, 6.45) is 6.46. The van der Waals surface area contributed by atoms with Crippen molar-refractivity contribution in [3.05, 3.63) is 0 Å². The maximum absolute atomic E-state index is 5.45. The first-order valence-corrected chi connectivity index (χ1v) is 4.77. The highest BCUT2D eigenvalue weighted by molar-refractivity contribution is 5.77. The fraction of sp³-hybridized carbons (Fsp3) is 0.900. The van der Waals surface area contributed by atoms with Gasteiger partial charge in [-0.15, -0.1) is 0 Å². The Labute approximate surface area is 82.8 Å². The number of hydrogen-bond donors (Lipinski definition) is 2. The Morgan fingerprint density at radius 1 is 1.23 bits per heavy atom. The van der Waals surface area contributed by atoms with Crippen molar-refractivity contribution in [1.82, 2.24) is 5.32 Å². The van der Waals surface area contributed by atoms with E-state index in [1.807, 2.05) is 0 Å². The van der Waals surface area contributed by atoms with E-state index in [0.717, 1.165) is 6.54 Å². The van der Waals surface area contributed by atoms with Crippen molar-refractivity contribution in [3.63, 3.8) is 0 Å². The summed E-state index contributed by atoms with van der Waals surface area (Å²) in [5.41, 5.74) is 5.45. The van der Waals surface area contributed by atoms with Crippen molar-refractivity contribution in [1.29, 1.82) is 0 Å². The molecule has 0 aliphatic carbocycles. The SMILES string of the molecule is C.CCCCCCCNC(N)=NC. The van der Waals surface area contributed by atoms with E-state index >= 15 is 0 Å². The highest BCUT2D eigenvalue weighted by Crippen LogP contribution is 2.00. The summed E-state index contributed by atoms with van der Waals surface area (Å²) in [5, 5.41) is 3.04. The van der Waals surface area contributed by atoms with Crippen LogP contribution >= 0.6 is 0 Å². The first-order chi connectivity index (χ1) is 5.81. The highest BCUT2D eigenvalue weighted by Gasteiger charge is 1.89. The monoisotopic (exact) mass is 187 g/mol. The Hall–Kier alpha value is -0.730. The lowest BCUT2D eigenvalue weighted by molar-refractivity contribution is 0.623. The average molecular weight is 187 g/mol. The van der Waals surface area contributed by atoms with E-state index in [-0.39, 0.29) is 7.43 Å². The summed E-state index contributed by atoms with van der Waals surface area (Å²) in [4.78, 5) is 3.81. The minimum absolute atomic E-state index is 0. The van der Waals surface area contributed by atoms with E-state index in [1.54, 1.807) is 7.05 Å². The van der Waals surface area contributed by atoms with Crippen molar-refractivity contribution >= 4 is 5.96 Å². The van der Waals surface area contributed by atoms with Crippen LogP contribution in [0.25, 0.3) is 0 Å². The molecule has 0 aliphatic heterocycles. The smallest absolute Gasteiger partial charge is 0.188 e. The molecule has 0 unspecified atom stereocenters. The van der Waals surface area contributed by atoms with Crippen molar-refractivity contribution in [3.8, 4) is 0 Å². The third-order valence-corrected chi connectivity index (χ3v) is 1.83. The zero-order valence-electron chi connectivity index (χ0n) is 8.27. The summed E-state index contributed by atoms with van der Waals surface area (Å²) in [6.45, 7) is 3.17. The number of guanidine groups is 1. The molecule has 0 saturated heterocycles. The van der Waals surface area contributed by atoms with E-state index < -0.39 is 0 Å². The van der Waals surface area contributed by atoms with Crippen LogP contribution in [0.1, 0.15) is 46.5 Å². The maximum Gasteiger partial charge on any atom is 0.188 e. The molecule has 0 heterocycles. The van der Waals surface area contributed by atoms with Gasteiger partial charge in [0.25, 0.3) is 0 Å². The van der Waals surface area contributed by atoms with Crippen molar-refractivity contribution < 1.29 is 0 Å². The van der Waals surface area contributed by atoms with Gasteiger partial charge in [-0.2, -0.15) is 0 Å². The van der Waals surface area contributed by atoms with Gasteiger partial charge in [0.05, 0.1) is 0 Å². The van der Waals surface area contributed by atoms with Gasteiger partial charge in [-0.1, -0.05) is 40.0 Å². The minimum Gasteiger partial charge on any atom is -0.370 e. The van der Waals surface area contributed by atoms with Gasteiger partial charge in [-0.3, -0.25) is 4.99 Å². The van der Waals surface area contributed by atoms with Crippen LogP contribution in [0.5, 0.6) is 0 Å². The molecule has 0 aromatic carbocycles. The van der Waals surface area contributed by atoms with Crippen molar-refractivity contribution in [2.75, 3.05) is 13.6 Å². The maximum atomic E-state index is 5.45. The molecule has 0 aliphatic rings. The van der Waals surface area contributed by atoms with Gasteiger partial charge in [0.1, 0.15) is 0 Å². The van der Waals surface area contributed by atoms with Gasteiger partial charge in [-0.05, 0) is 6.42 Å². The van der Waals surface area contributed by atoms with Crippen LogP contribution in [0.4, 0.5) is 0 Å². The molecule has 0 rings (SSSR count). The van der Waals surface area contributed by atoms with Gasteiger partial charge in [-0.25, -0.2) is 0 Å². The van der Waals surface area contributed by atoms with Crippen LogP contribution < -0.4 is 11.1 Å². The van der Waals surface area contributed by atoms with Gasteiger partial charge < -0.3 is 11.1 Å². The third-order valence-electron chi connectivity index (χ3n) is 1.83. The lowest BCUT2D eigenvalue weighted by Gasteiger charge is -2.03. The van der Waals surface area contributed by atoms with Crippen LogP contribution in [0, 0.1) is 0 Å². The Morgan fingerprint density at radius 3 is 2.38 bits per heavy atom. The van der Waals surface area contributed by atoms with Gasteiger partial charge >= 0.3 is 0 Å². The molecule has 0 bridgehead atoms. The molecule has 0 aromatic heterocycles. The molecular weight excluding hydrogens is 162 g/mol. The Bertz CT molecular complexity index is 121. The first kappa shape index (κ1) is 14.8. The fourth-order valence-electron chi connectivity index (χ4n) is 1.02. The number of rotatable bonds is 6. The predicted octanol–water partition coefficient (Wildman–Crippen LogP) is 2.13.